The van der Waals surface area contributed by atoms with Crippen molar-refractivity contribution in [3.05, 3.63) is 59.0 Å². The molecule has 7 nitrogen and oxygen atoms in total. The lowest BCUT2D eigenvalue weighted by Gasteiger charge is -2.20. The van der Waals surface area contributed by atoms with Gasteiger partial charge in [0.25, 0.3) is 0 Å². The van der Waals surface area contributed by atoms with Crippen LogP contribution in [-0.4, -0.2) is 41.2 Å². The molecule has 156 valence electrons. The highest BCUT2D eigenvalue weighted by molar-refractivity contribution is 9.10. The van der Waals surface area contributed by atoms with Crippen molar-refractivity contribution in [2.45, 2.75) is 18.5 Å². The molecule has 1 unspecified atom stereocenters. The Morgan fingerprint density at radius 1 is 1.47 bits per heavy atom. The van der Waals surface area contributed by atoms with Crippen molar-refractivity contribution >= 4 is 66.2 Å². The number of furan rings is 1. The first-order chi connectivity index (χ1) is 14.5. The van der Waals surface area contributed by atoms with Crippen molar-refractivity contribution in [1.29, 1.82) is 0 Å². The maximum Gasteiger partial charge on any atom is 0.344 e. The molecule has 1 fully saturated rings. The number of halogens is 2. The summed E-state index contributed by atoms with van der Waals surface area (Å²) in [4.78, 5) is 33.4. The normalized spacial score (nSPS) is 16.5. The summed E-state index contributed by atoms with van der Waals surface area (Å²) in [6, 6.07) is 5.45. The second kappa shape index (κ2) is 8.79. The molecule has 3 heterocycles. The number of esters is 1. The second-order valence-corrected chi connectivity index (χ2v) is 8.73. The summed E-state index contributed by atoms with van der Waals surface area (Å²) in [5.41, 5.74) is 1.97. The third-order valence-electron chi connectivity index (χ3n) is 4.62. The topological polar surface area (TPSA) is 75.9 Å². The first-order valence-electron chi connectivity index (χ1n) is 9.09. The molecule has 1 aromatic carbocycles. The number of hydrogen-bond acceptors (Lipinski definition) is 6. The number of alkyl halides is 1. The second-order valence-electron chi connectivity index (χ2n) is 6.60. The Bertz CT molecular complexity index is 1110. The minimum atomic E-state index is -0.815. The van der Waals surface area contributed by atoms with Crippen molar-refractivity contribution in [3.63, 3.8) is 0 Å². The number of amides is 2. The van der Waals surface area contributed by atoms with E-state index < -0.39 is 12.2 Å². The number of carbonyl (C=O) groups is 2. The molecule has 0 aliphatic carbocycles. The largest absolute Gasteiger partial charge is 0.470 e. The van der Waals surface area contributed by atoms with Gasteiger partial charge >= 0.3 is 12.0 Å². The molecule has 1 atom stereocenters. The van der Waals surface area contributed by atoms with E-state index in [1.54, 1.807) is 11.0 Å². The van der Waals surface area contributed by atoms with Gasteiger partial charge in [0.05, 0.1) is 21.2 Å². The van der Waals surface area contributed by atoms with Crippen LogP contribution < -0.4 is 4.90 Å². The molecule has 0 spiro atoms. The predicted molar refractivity (Wildman–Crippen MR) is 119 cm³/mol. The highest BCUT2D eigenvalue weighted by atomic mass is 79.9. The quantitative estimate of drug-likeness (QED) is 0.242. The van der Waals surface area contributed by atoms with Crippen LogP contribution in [0, 0.1) is 0 Å². The molecule has 1 saturated heterocycles. The Balaban J connectivity index is 1.66. The Kier molecular flexibility index (Phi) is 6.12. The average molecular weight is 511 g/mol. The van der Waals surface area contributed by atoms with E-state index in [4.69, 9.17) is 20.8 Å². The first kappa shape index (κ1) is 20.9. The van der Waals surface area contributed by atoms with Crippen molar-refractivity contribution < 1.29 is 18.7 Å². The smallest absolute Gasteiger partial charge is 0.344 e. The van der Waals surface area contributed by atoms with Gasteiger partial charge in [-0.15, -0.1) is 18.2 Å². The summed E-state index contributed by atoms with van der Waals surface area (Å²) >= 11 is 10.5. The molecule has 0 N–H and O–H groups in total. The fourth-order valence-corrected chi connectivity index (χ4v) is 4.70. The SMILES string of the molecule is C=CCCN1CC(OC(=O)c2cocc2Br)N(c2nc3ccc(CCl)cc3s2)C1=O. The number of carbonyl (C=O) groups excluding carboxylic acids is 2. The predicted octanol–water partition coefficient (Wildman–Crippen LogP) is 5.39. The van der Waals surface area contributed by atoms with E-state index in [1.807, 2.05) is 18.2 Å². The van der Waals surface area contributed by atoms with Crippen LogP contribution in [0.2, 0.25) is 0 Å². The third kappa shape index (κ3) is 3.97. The van der Waals surface area contributed by atoms with Gasteiger partial charge in [-0.1, -0.05) is 23.5 Å². The highest BCUT2D eigenvalue weighted by Gasteiger charge is 2.42. The van der Waals surface area contributed by atoms with E-state index in [0.717, 1.165) is 15.8 Å². The number of aromatic nitrogens is 1. The molecule has 2 aromatic heterocycles. The van der Waals surface area contributed by atoms with Gasteiger partial charge in [-0.05, 0) is 40.0 Å². The summed E-state index contributed by atoms with van der Waals surface area (Å²) in [6.45, 7) is 4.41. The molecule has 1 aliphatic heterocycles. The van der Waals surface area contributed by atoms with Crippen molar-refractivity contribution in [2.75, 3.05) is 18.0 Å². The summed E-state index contributed by atoms with van der Waals surface area (Å²) in [5.74, 6) is -0.199. The van der Waals surface area contributed by atoms with Gasteiger partial charge in [-0.3, -0.25) is 0 Å². The lowest BCUT2D eigenvalue weighted by molar-refractivity contribution is 0.0324. The van der Waals surface area contributed by atoms with Gasteiger partial charge in [-0.25, -0.2) is 19.5 Å². The molecule has 10 heteroatoms. The molecule has 0 saturated carbocycles. The molecule has 30 heavy (non-hydrogen) atoms. The van der Waals surface area contributed by atoms with Crippen LogP contribution in [0.4, 0.5) is 9.93 Å². The minimum Gasteiger partial charge on any atom is -0.470 e. The fourth-order valence-electron chi connectivity index (χ4n) is 3.11. The number of ether oxygens (including phenoxy) is 1. The van der Waals surface area contributed by atoms with E-state index in [0.29, 0.717) is 28.4 Å². The zero-order valence-corrected chi connectivity index (χ0v) is 18.9. The number of urea groups is 1. The number of benzene rings is 1. The van der Waals surface area contributed by atoms with E-state index in [2.05, 4.69) is 27.5 Å². The maximum atomic E-state index is 13.1. The number of thiazole rings is 1. The van der Waals surface area contributed by atoms with E-state index >= 15 is 0 Å². The fraction of sp³-hybridized carbons (Fsp3) is 0.250. The summed E-state index contributed by atoms with van der Waals surface area (Å²) in [7, 11) is 0. The number of hydrogen-bond donors (Lipinski definition) is 0. The van der Waals surface area contributed by atoms with Crippen LogP contribution in [0.5, 0.6) is 0 Å². The van der Waals surface area contributed by atoms with Crippen LogP contribution in [0.25, 0.3) is 10.2 Å². The molecule has 0 radical (unpaired) electrons. The maximum absolute atomic E-state index is 13.1. The lowest BCUT2D eigenvalue weighted by atomic mass is 10.2. The number of anilines is 1. The van der Waals surface area contributed by atoms with Gasteiger partial charge in [0.1, 0.15) is 18.1 Å². The molecule has 0 bridgehead atoms. The Morgan fingerprint density at radius 2 is 2.30 bits per heavy atom. The lowest BCUT2D eigenvalue weighted by Crippen LogP contribution is -2.37. The molecular formula is C20H17BrClN3O4S. The molecule has 3 aromatic rings. The van der Waals surface area contributed by atoms with Crippen molar-refractivity contribution in [3.8, 4) is 0 Å². The summed E-state index contributed by atoms with van der Waals surface area (Å²) in [6.07, 6.45) is 4.25. The zero-order valence-electron chi connectivity index (χ0n) is 15.7. The van der Waals surface area contributed by atoms with Crippen LogP contribution in [0.3, 0.4) is 0 Å². The monoisotopic (exact) mass is 509 g/mol. The minimum absolute atomic E-state index is 0.233. The van der Waals surface area contributed by atoms with E-state index in [-0.39, 0.29) is 18.1 Å². The molecule has 1 aliphatic rings. The summed E-state index contributed by atoms with van der Waals surface area (Å²) < 4.78 is 12.1. The highest BCUT2D eigenvalue weighted by Crippen LogP contribution is 2.34. The van der Waals surface area contributed by atoms with Gasteiger partial charge < -0.3 is 14.1 Å². The number of rotatable bonds is 7. The molecule has 4 rings (SSSR count). The molecular weight excluding hydrogens is 494 g/mol. The van der Waals surface area contributed by atoms with E-state index in [9.17, 15) is 9.59 Å². The van der Waals surface area contributed by atoms with E-state index in [1.165, 1.54) is 28.8 Å². The Morgan fingerprint density at radius 3 is 3.00 bits per heavy atom. The average Bonchev–Trinajstić information content (AvgIpc) is 3.42. The van der Waals surface area contributed by atoms with Crippen LogP contribution in [0.1, 0.15) is 22.3 Å². The number of nitrogens with zero attached hydrogens (tertiary/aromatic N) is 3. The summed E-state index contributed by atoms with van der Waals surface area (Å²) in [5, 5.41) is 0.465. The van der Waals surface area contributed by atoms with Crippen LogP contribution in [-0.2, 0) is 10.6 Å². The van der Waals surface area contributed by atoms with Gasteiger partial charge in [0, 0.05) is 12.4 Å². The molecule has 2 amide bonds. The van der Waals surface area contributed by atoms with Crippen molar-refractivity contribution in [2.24, 2.45) is 0 Å². The Hall–Kier alpha value is -2.36. The standard InChI is InChI=1S/C20H17BrClN3O4S/c1-2-3-6-24-9-17(29-18(26)13-10-28-11-14(13)21)25(20(24)27)19-23-15-5-4-12(8-22)7-16(15)30-19/h2,4-5,7,10-11,17H,1,3,6,8-9H2. The first-order valence-corrected chi connectivity index (χ1v) is 11.2. The Labute approximate surface area is 190 Å². The van der Waals surface area contributed by atoms with Gasteiger partial charge in [0.15, 0.2) is 5.13 Å². The van der Waals surface area contributed by atoms with Crippen LogP contribution in [0.15, 0.2) is 52.3 Å². The van der Waals surface area contributed by atoms with Crippen molar-refractivity contribution in [1.82, 2.24) is 9.88 Å². The number of fused-ring (bicyclic) bond motifs is 1. The third-order valence-corrected chi connectivity index (χ3v) is 6.56. The van der Waals surface area contributed by atoms with Gasteiger partial charge in [-0.2, -0.15) is 0 Å². The van der Waals surface area contributed by atoms with Crippen LogP contribution >= 0.6 is 38.9 Å². The van der Waals surface area contributed by atoms with Gasteiger partial charge in [0.2, 0.25) is 6.23 Å². The zero-order chi connectivity index (χ0) is 21.3.